The van der Waals surface area contributed by atoms with Crippen molar-refractivity contribution < 1.29 is 24.1 Å². The molecule has 0 aliphatic rings. The van der Waals surface area contributed by atoms with Crippen LogP contribution in [0.15, 0.2) is 0 Å². The van der Waals surface area contributed by atoms with Crippen molar-refractivity contribution in [1.29, 1.82) is 0 Å². The molecule has 0 rings (SSSR count). The summed E-state index contributed by atoms with van der Waals surface area (Å²) in [5.74, 6) is -0.832. The highest BCUT2D eigenvalue weighted by molar-refractivity contribution is 5.66. The fourth-order valence-electron chi connectivity index (χ4n) is 0.769. The molecular weight excluding hydrogens is 188 g/mol. The van der Waals surface area contributed by atoms with Gasteiger partial charge in [0.25, 0.3) is 0 Å². The van der Waals surface area contributed by atoms with E-state index < -0.39 is 5.97 Å². The lowest BCUT2D eigenvalue weighted by Gasteiger charge is -2.03. The molecule has 5 nitrogen and oxygen atoms in total. The average Bonchev–Trinajstić information content (AvgIpc) is 2.15. The monoisotopic (exact) mass is 206 g/mol. The molecule has 0 atom stereocenters. The Bertz CT molecular complexity index is 137. The summed E-state index contributed by atoms with van der Waals surface area (Å²) in [6, 6.07) is 0. The SMILES string of the molecule is COCCOCCCOCCC(=O)O. The Kier molecular flexibility index (Phi) is 9.95. The zero-order chi connectivity index (χ0) is 10.6. The Morgan fingerprint density at radius 1 is 1.07 bits per heavy atom. The number of hydrogen-bond acceptors (Lipinski definition) is 4. The highest BCUT2D eigenvalue weighted by Gasteiger charge is 1.95. The molecule has 5 heteroatoms. The van der Waals surface area contributed by atoms with E-state index in [0.29, 0.717) is 26.4 Å². The van der Waals surface area contributed by atoms with Gasteiger partial charge in [-0.15, -0.1) is 0 Å². The predicted molar refractivity (Wildman–Crippen MR) is 50.4 cm³/mol. The van der Waals surface area contributed by atoms with Crippen LogP contribution in [0.5, 0.6) is 0 Å². The molecule has 0 aliphatic heterocycles. The van der Waals surface area contributed by atoms with E-state index in [1.165, 1.54) is 0 Å². The van der Waals surface area contributed by atoms with Gasteiger partial charge in [-0.25, -0.2) is 0 Å². The Labute approximate surface area is 84.0 Å². The molecule has 0 spiro atoms. The highest BCUT2D eigenvalue weighted by atomic mass is 16.5. The summed E-state index contributed by atoms with van der Waals surface area (Å²) in [6.07, 6.45) is 0.841. The van der Waals surface area contributed by atoms with E-state index in [1.807, 2.05) is 0 Å². The lowest BCUT2D eigenvalue weighted by molar-refractivity contribution is -0.138. The van der Waals surface area contributed by atoms with E-state index in [1.54, 1.807) is 7.11 Å². The molecule has 14 heavy (non-hydrogen) atoms. The van der Waals surface area contributed by atoms with Gasteiger partial charge in [-0.2, -0.15) is 0 Å². The maximum Gasteiger partial charge on any atom is 0.305 e. The van der Waals surface area contributed by atoms with Crippen LogP contribution in [-0.4, -0.2) is 51.2 Å². The summed E-state index contributed by atoms with van der Waals surface area (Å²) in [5, 5.41) is 8.29. The third-order valence-electron chi connectivity index (χ3n) is 1.47. The first-order valence-corrected chi connectivity index (χ1v) is 4.63. The Morgan fingerprint density at radius 2 is 1.71 bits per heavy atom. The number of methoxy groups -OCH3 is 1. The van der Waals surface area contributed by atoms with Crippen LogP contribution in [-0.2, 0) is 19.0 Å². The smallest absolute Gasteiger partial charge is 0.305 e. The molecule has 0 aromatic carbocycles. The van der Waals surface area contributed by atoms with Crippen molar-refractivity contribution >= 4 is 5.97 Å². The third-order valence-corrected chi connectivity index (χ3v) is 1.47. The fraction of sp³-hybridized carbons (Fsp3) is 0.889. The van der Waals surface area contributed by atoms with Crippen molar-refractivity contribution in [2.75, 3.05) is 40.1 Å². The van der Waals surface area contributed by atoms with Crippen LogP contribution >= 0.6 is 0 Å². The van der Waals surface area contributed by atoms with Gasteiger partial charge in [-0.3, -0.25) is 4.79 Å². The molecule has 0 fully saturated rings. The molecule has 0 aliphatic carbocycles. The van der Waals surface area contributed by atoms with Crippen LogP contribution in [0.1, 0.15) is 12.8 Å². The summed E-state index contributed by atoms with van der Waals surface area (Å²) < 4.78 is 15.0. The second-order valence-corrected chi connectivity index (χ2v) is 2.71. The summed E-state index contributed by atoms with van der Waals surface area (Å²) in [6.45, 7) is 2.62. The molecule has 0 radical (unpaired) electrons. The van der Waals surface area contributed by atoms with Crippen molar-refractivity contribution in [3.8, 4) is 0 Å². The number of carbonyl (C=O) groups is 1. The Morgan fingerprint density at radius 3 is 2.29 bits per heavy atom. The topological polar surface area (TPSA) is 65.0 Å². The molecule has 1 N–H and O–H groups in total. The summed E-state index contributed by atoms with van der Waals surface area (Å²) in [5.41, 5.74) is 0. The van der Waals surface area contributed by atoms with Gasteiger partial charge in [0.15, 0.2) is 0 Å². The largest absolute Gasteiger partial charge is 0.481 e. The number of ether oxygens (including phenoxy) is 3. The van der Waals surface area contributed by atoms with E-state index in [2.05, 4.69) is 0 Å². The van der Waals surface area contributed by atoms with Crippen LogP contribution in [0.4, 0.5) is 0 Å². The second kappa shape index (κ2) is 10.4. The molecule has 84 valence electrons. The molecule has 0 bridgehead atoms. The van der Waals surface area contributed by atoms with Gasteiger partial charge >= 0.3 is 5.97 Å². The van der Waals surface area contributed by atoms with E-state index in [4.69, 9.17) is 19.3 Å². The number of rotatable bonds is 10. The van der Waals surface area contributed by atoms with Crippen molar-refractivity contribution in [1.82, 2.24) is 0 Å². The van der Waals surface area contributed by atoms with Crippen LogP contribution in [0.25, 0.3) is 0 Å². The maximum atomic E-state index is 10.1. The molecule has 0 saturated heterocycles. The van der Waals surface area contributed by atoms with Gasteiger partial charge in [0.1, 0.15) is 0 Å². The average molecular weight is 206 g/mol. The van der Waals surface area contributed by atoms with Gasteiger partial charge in [-0.1, -0.05) is 0 Å². The van der Waals surface area contributed by atoms with E-state index in [0.717, 1.165) is 6.42 Å². The summed E-state index contributed by atoms with van der Waals surface area (Å²) in [7, 11) is 1.62. The van der Waals surface area contributed by atoms with Crippen molar-refractivity contribution in [3.63, 3.8) is 0 Å². The fourth-order valence-corrected chi connectivity index (χ4v) is 0.769. The number of aliphatic carboxylic acids is 1. The summed E-state index contributed by atoms with van der Waals surface area (Å²) in [4.78, 5) is 10.1. The lowest BCUT2D eigenvalue weighted by Crippen LogP contribution is -2.07. The molecule has 0 aromatic heterocycles. The van der Waals surface area contributed by atoms with Gasteiger partial charge < -0.3 is 19.3 Å². The third kappa shape index (κ3) is 11.4. The first-order valence-electron chi connectivity index (χ1n) is 4.63. The van der Waals surface area contributed by atoms with Gasteiger partial charge in [0.2, 0.25) is 0 Å². The zero-order valence-corrected chi connectivity index (χ0v) is 8.53. The van der Waals surface area contributed by atoms with Crippen molar-refractivity contribution in [3.05, 3.63) is 0 Å². The summed E-state index contributed by atoms with van der Waals surface area (Å²) >= 11 is 0. The standard InChI is InChI=1S/C9H18O5/c1-12-7-8-14-5-2-4-13-6-3-9(10)11/h2-8H2,1H3,(H,10,11). The number of hydrogen-bond donors (Lipinski definition) is 1. The zero-order valence-electron chi connectivity index (χ0n) is 8.53. The van der Waals surface area contributed by atoms with E-state index >= 15 is 0 Å². The minimum atomic E-state index is -0.832. The molecule has 0 saturated carbocycles. The maximum absolute atomic E-state index is 10.1. The Balaban J connectivity index is 2.88. The second-order valence-electron chi connectivity index (χ2n) is 2.71. The highest BCUT2D eigenvalue weighted by Crippen LogP contribution is 1.88. The molecule has 0 amide bonds. The van der Waals surface area contributed by atoms with E-state index in [-0.39, 0.29) is 13.0 Å². The molecule has 0 unspecified atom stereocenters. The number of carboxylic acid groups (broad SMARTS) is 1. The van der Waals surface area contributed by atoms with Crippen LogP contribution < -0.4 is 0 Å². The van der Waals surface area contributed by atoms with Gasteiger partial charge in [0, 0.05) is 20.3 Å². The molecular formula is C9H18O5. The first-order chi connectivity index (χ1) is 6.77. The van der Waals surface area contributed by atoms with E-state index in [9.17, 15) is 4.79 Å². The van der Waals surface area contributed by atoms with Crippen LogP contribution in [0.2, 0.25) is 0 Å². The van der Waals surface area contributed by atoms with Gasteiger partial charge in [0.05, 0.1) is 26.2 Å². The van der Waals surface area contributed by atoms with Crippen LogP contribution in [0, 0.1) is 0 Å². The minimum absolute atomic E-state index is 0.0601. The Hall–Kier alpha value is -0.650. The van der Waals surface area contributed by atoms with Crippen molar-refractivity contribution in [2.45, 2.75) is 12.8 Å². The predicted octanol–water partition coefficient (Wildman–Crippen LogP) is 0.531. The van der Waals surface area contributed by atoms with Crippen LogP contribution in [0.3, 0.4) is 0 Å². The molecule has 0 aromatic rings. The van der Waals surface area contributed by atoms with Crippen molar-refractivity contribution in [2.24, 2.45) is 0 Å². The minimum Gasteiger partial charge on any atom is -0.481 e. The number of carboxylic acids is 1. The first kappa shape index (κ1) is 13.4. The quantitative estimate of drug-likeness (QED) is 0.528. The van der Waals surface area contributed by atoms with Gasteiger partial charge in [-0.05, 0) is 6.42 Å². The normalized spacial score (nSPS) is 10.4. The lowest BCUT2D eigenvalue weighted by atomic mass is 10.4. The molecule has 0 heterocycles.